The second-order valence-corrected chi connectivity index (χ2v) is 9.29. The summed E-state index contributed by atoms with van der Waals surface area (Å²) in [6.45, 7) is 5.77. The van der Waals surface area contributed by atoms with E-state index in [0.717, 1.165) is 5.56 Å². The number of alkyl halides is 2. The third-order valence-electron chi connectivity index (χ3n) is 5.88. The van der Waals surface area contributed by atoms with E-state index in [0.29, 0.717) is 31.4 Å². The molecule has 1 aromatic carbocycles. The number of esters is 1. The Morgan fingerprint density at radius 3 is 2.28 bits per heavy atom. The predicted molar refractivity (Wildman–Crippen MR) is 104 cm³/mol. The zero-order valence-electron chi connectivity index (χ0n) is 17.5. The van der Waals surface area contributed by atoms with Crippen LogP contribution in [0, 0.1) is 5.41 Å². The topological polar surface area (TPSA) is 55.8 Å². The molecule has 3 rings (SSSR count). The van der Waals surface area contributed by atoms with Crippen LogP contribution in [0.3, 0.4) is 0 Å². The van der Waals surface area contributed by atoms with Crippen LogP contribution in [0.25, 0.3) is 0 Å². The van der Waals surface area contributed by atoms with Gasteiger partial charge in [-0.25, -0.2) is 18.4 Å². The first-order valence-corrected chi connectivity index (χ1v) is 9.99. The summed E-state index contributed by atoms with van der Waals surface area (Å²) in [4.78, 5) is 26.2. The molecular formula is C22H29F2NO4. The number of piperidine rings is 1. The van der Waals surface area contributed by atoms with Gasteiger partial charge in [0.15, 0.2) is 0 Å². The maximum atomic E-state index is 14.0. The molecule has 0 aromatic heterocycles. The molecule has 1 aliphatic carbocycles. The molecule has 2 fully saturated rings. The van der Waals surface area contributed by atoms with Crippen molar-refractivity contribution < 1.29 is 27.8 Å². The summed E-state index contributed by atoms with van der Waals surface area (Å²) in [7, 11) is 1.31. The fourth-order valence-corrected chi connectivity index (χ4v) is 4.49. The quantitative estimate of drug-likeness (QED) is 0.618. The molecule has 29 heavy (non-hydrogen) atoms. The van der Waals surface area contributed by atoms with E-state index in [1.54, 1.807) is 49.9 Å². The van der Waals surface area contributed by atoms with Crippen LogP contribution in [0.4, 0.5) is 13.6 Å². The van der Waals surface area contributed by atoms with Crippen LogP contribution in [-0.4, -0.2) is 42.1 Å². The number of nitrogens with zero attached hydrogens (tertiary/aromatic N) is 1. The fourth-order valence-electron chi connectivity index (χ4n) is 4.49. The SMILES string of the molecule is COC(=O)c1ccc([C@@H]2C[C@@]3(CCN2C(=O)OC(C)(C)C)CCC(F)(F)C3)cc1. The Morgan fingerprint density at radius 2 is 1.76 bits per heavy atom. The van der Waals surface area contributed by atoms with Gasteiger partial charge < -0.3 is 14.4 Å². The van der Waals surface area contributed by atoms with E-state index < -0.39 is 29.0 Å². The highest BCUT2D eigenvalue weighted by molar-refractivity contribution is 5.89. The summed E-state index contributed by atoms with van der Waals surface area (Å²) in [6.07, 6.45) is 0.766. The molecule has 5 nitrogen and oxygen atoms in total. The third-order valence-corrected chi connectivity index (χ3v) is 5.88. The van der Waals surface area contributed by atoms with Crippen LogP contribution in [0.15, 0.2) is 24.3 Å². The van der Waals surface area contributed by atoms with Gasteiger partial charge in [0.25, 0.3) is 0 Å². The molecule has 1 heterocycles. The van der Waals surface area contributed by atoms with Gasteiger partial charge in [-0.1, -0.05) is 12.1 Å². The van der Waals surface area contributed by atoms with Gasteiger partial charge in [-0.3, -0.25) is 0 Å². The van der Waals surface area contributed by atoms with Gasteiger partial charge in [0.05, 0.1) is 18.7 Å². The average molecular weight is 409 g/mol. The van der Waals surface area contributed by atoms with Crippen LogP contribution in [-0.2, 0) is 9.47 Å². The van der Waals surface area contributed by atoms with Crippen molar-refractivity contribution in [2.45, 2.75) is 70.4 Å². The van der Waals surface area contributed by atoms with Gasteiger partial charge in [0.1, 0.15) is 5.60 Å². The van der Waals surface area contributed by atoms with E-state index in [2.05, 4.69) is 0 Å². The first kappa shape index (κ1) is 21.5. The zero-order valence-corrected chi connectivity index (χ0v) is 17.5. The summed E-state index contributed by atoms with van der Waals surface area (Å²) in [5.74, 6) is -3.09. The average Bonchev–Trinajstić information content (AvgIpc) is 2.93. The summed E-state index contributed by atoms with van der Waals surface area (Å²) in [5.41, 5.74) is 0.0790. The van der Waals surface area contributed by atoms with Crippen molar-refractivity contribution in [3.05, 3.63) is 35.4 Å². The van der Waals surface area contributed by atoms with Crippen LogP contribution < -0.4 is 0 Å². The van der Waals surface area contributed by atoms with Gasteiger partial charge in [-0.15, -0.1) is 0 Å². The smallest absolute Gasteiger partial charge is 0.410 e. The molecular weight excluding hydrogens is 380 g/mol. The molecule has 160 valence electrons. The molecule has 1 aliphatic heterocycles. The number of rotatable bonds is 2. The molecule has 1 aromatic rings. The molecule has 7 heteroatoms. The van der Waals surface area contributed by atoms with Crippen LogP contribution >= 0.6 is 0 Å². The lowest BCUT2D eigenvalue weighted by molar-refractivity contribution is -0.0305. The number of methoxy groups -OCH3 is 1. The molecule has 2 atom stereocenters. The summed E-state index contributed by atoms with van der Waals surface area (Å²) in [5, 5.41) is 0. The Morgan fingerprint density at radius 1 is 1.10 bits per heavy atom. The number of carbonyl (C=O) groups excluding carboxylic acids is 2. The molecule has 0 unspecified atom stereocenters. The van der Waals surface area contributed by atoms with Crippen molar-refractivity contribution in [1.82, 2.24) is 4.90 Å². The summed E-state index contributed by atoms with van der Waals surface area (Å²) in [6, 6.07) is 6.43. The monoisotopic (exact) mass is 409 g/mol. The van der Waals surface area contributed by atoms with Crippen molar-refractivity contribution in [2.24, 2.45) is 5.41 Å². The minimum absolute atomic E-state index is 0.104. The molecule has 1 saturated heterocycles. The van der Waals surface area contributed by atoms with Crippen molar-refractivity contribution in [3.8, 4) is 0 Å². The Labute approximate surface area is 170 Å². The Kier molecular flexibility index (Phi) is 5.62. The number of halogens is 2. The molecule has 0 N–H and O–H groups in total. The second-order valence-electron chi connectivity index (χ2n) is 9.29. The van der Waals surface area contributed by atoms with Gasteiger partial charge in [-0.05, 0) is 63.1 Å². The first-order chi connectivity index (χ1) is 13.4. The largest absolute Gasteiger partial charge is 0.465 e. The number of benzene rings is 1. The molecule has 0 bridgehead atoms. The summed E-state index contributed by atoms with van der Waals surface area (Å²) >= 11 is 0. The van der Waals surface area contributed by atoms with Crippen molar-refractivity contribution in [3.63, 3.8) is 0 Å². The summed E-state index contributed by atoms with van der Waals surface area (Å²) < 4.78 is 38.3. The highest BCUT2D eigenvalue weighted by Crippen LogP contribution is 2.56. The fraction of sp³-hybridized carbons (Fsp3) is 0.636. The van der Waals surface area contributed by atoms with E-state index in [4.69, 9.17) is 9.47 Å². The number of carbonyl (C=O) groups is 2. The molecule has 1 spiro atoms. The van der Waals surface area contributed by atoms with Crippen LogP contribution in [0.2, 0.25) is 0 Å². The van der Waals surface area contributed by atoms with Crippen molar-refractivity contribution in [1.29, 1.82) is 0 Å². The van der Waals surface area contributed by atoms with E-state index >= 15 is 0 Å². The number of amides is 1. The number of hydrogen-bond acceptors (Lipinski definition) is 4. The van der Waals surface area contributed by atoms with Crippen LogP contribution in [0.1, 0.15) is 74.8 Å². The van der Waals surface area contributed by atoms with Crippen molar-refractivity contribution >= 4 is 12.1 Å². The van der Waals surface area contributed by atoms with E-state index in [9.17, 15) is 18.4 Å². The maximum Gasteiger partial charge on any atom is 0.410 e. The lowest BCUT2D eigenvalue weighted by atomic mass is 9.72. The third kappa shape index (κ3) is 4.87. The normalized spacial score (nSPS) is 26.4. The van der Waals surface area contributed by atoms with Crippen molar-refractivity contribution in [2.75, 3.05) is 13.7 Å². The second kappa shape index (κ2) is 7.58. The van der Waals surface area contributed by atoms with E-state index in [-0.39, 0.29) is 18.9 Å². The van der Waals surface area contributed by atoms with Gasteiger partial charge in [0.2, 0.25) is 5.92 Å². The van der Waals surface area contributed by atoms with Gasteiger partial charge >= 0.3 is 12.1 Å². The Bertz CT molecular complexity index is 772. The Balaban J connectivity index is 1.89. The van der Waals surface area contributed by atoms with E-state index in [1.807, 2.05) is 0 Å². The van der Waals surface area contributed by atoms with Crippen LogP contribution in [0.5, 0.6) is 0 Å². The minimum Gasteiger partial charge on any atom is -0.465 e. The molecule has 0 radical (unpaired) electrons. The van der Waals surface area contributed by atoms with Gasteiger partial charge in [0, 0.05) is 19.4 Å². The zero-order chi connectivity index (χ0) is 21.4. The lowest BCUT2D eigenvalue weighted by Gasteiger charge is -2.45. The highest BCUT2D eigenvalue weighted by atomic mass is 19.3. The molecule has 2 aliphatic rings. The number of likely N-dealkylation sites (tertiary alicyclic amines) is 1. The maximum absolute atomic E-state index is 14.0. The standard InChI is InChI=1S/C22H29F2NO4/c1-20(2,3)29-19(27)25-12-11-21(9-10-22(23,24)14-21)13-17(25)15-5-7-16(8-6-15)18(26)28-4/h5-8,17H,9-14H2,1-4H3/t17-,21-/m0/s1. The first-order valence-electron chi connectivity index (χ1n) is 9.99. The minimum atomic E-state index is -2.65. The predicted octanol–water partition coefficient (Wildman–Crippen LogP) is 5.35. The Hall–Kier alpha value is -2.18. The highest BCUT2D eigenvalue weighted by Gasteiger charge is 2.53. The van der Waals surface area contributed by atoms with E-state index in [1.165, 1.54) is 7.11 Å². The number of ether oxygens (including phenoxy) is 2. The molecule has 1 amide bonds. The molecule has 1 saturated carbocycles. The van der Waals surface area contributed by atoms with Gasteiger partial charge in [-0.2, -0.15) is 0 Å². The number of hydrogen-bond donors (Lipinski definition) is 0. The lowest BCUT2D eigenvalue weighted by Crippen LogP contribution is -2.46.